The number of nitrogens with zero attached hydrogens (tertiary/aromatic N) is 1. The van der Waals surface area contributed by atoms with Gasteiger partial charge in [0.05, 0.1) is 5.56 Å². The van der Waals surface area contributed by atoms with Gasteiger partial charge in [-0.1, -0.05) is 0 Å². The quantitative estimate of drug-likeness (QED) is 0.874. The number of benzene rings is 1. The van der Waals surface area contributed by atoms with Gasteiger partial charge in [0, 0.05) is 0 Å². The van der Waals surface area contributed by atoms with Crippen molar-refractivity contribution in [1.29, 1.82) is 0 Å². The molecule has 0 unspecified atom stereocenters. The number of aromatic amines is 1. The Hall–Kier alpha value is -1.83. The van der Waals surface area contributed by atoms with Gasteiger partial charge in [-0.25, -0.2) is 5.10 Å². The number of rotatable bonds is 3. The lowest BCUT2D eigenvalue weighted by Crippen LogP contribution is -2.04. The number of ether oxygens (including phenoxy) is 1. The summed E-state index contributed by atoms with van der Waals surface area (Å²) in [7, 11) is 0. The third-order valence-electron chi connectivity index (χ3n) is 2.03. The van der Waals surface area contributed by atoms with E-state index in [-0.39, 0.29) is 23.1 Å². The van der Waals surface area contributed by atoms with E-state index < -0.39 is 11.7 Å². The Labute approximate surface area is 104 Å². The minimum absolute atomic E-state index is 0.0154. The van der Waals surface area contributed by atoms with Crippen molar-refractivity contribution in [3.8, 4) is 5.75 Å². The summed E-state index contributed by atoms with van der Waals surface area (Å²) in [6.07, 6.45) is -4.35. The average Bonchev–Trinajstić information content (AvgIpc) is 2.72. The lowest BCUT2D eigenvalue weighted by molar-refractivity contribution is -0.137. The van der Waals surface area contributed by atoms with Crippen LogP contribution in [0.25, 0.3) is 0 Å². The van der Waals surface area contributed by atoms with Gasteiger partial charge in [-0.05, 0) is 36.5 Å². The summed E-state index contributed by atoms with van der Waals surface area (Å²) in [6.45, 7) is -0.0154. The van der Waals surface area contributed by atoms with Crippen LogP contribution in [0.4, 0.5) is 13.2 Å². The summed E-state index contributed by atoms with van der Waals surface area (Å²) in [5, 5.41) is 6.09. The van der Waals surface area contributed by atoms with Crippen molar-refractivity contribution in [3.05, 3.63) is 40.6 Å². The highest BCUT2D eigenvalue weighted by Crippen LogP contribution is 2.30. The van der Waals surface area contributed by atoms with Crippen molar-refractivity contribution >= 4 is 12.2 Å². The monoisotopic (exact) mass is 276 g/mol. The van der Waals surface area contributed by atoms with Gasteiger partial charge in [0.15, 0.2) is 6.61 Å². The molecule has 8 heteroatoms. The van der Waals surface area contributed by atoms with E-state index in [9.17, 15) is 13.2 Å². The molecule has 0 aliphatic heterocycles. The van der Waals surface area contributed by atoms with Crippen LogP contribution in [0.15, 0.2) is 28.7 Å². The molecule has 2 aromatic rings. The minimum atomic E-state index is -4.35. The predicted octanol–water partition coefficient (Wildman–Crippen LogP) is 3.33. The van der Waals surface area contributed by atoms with E-state index in [2.05, 4.69) is 22.4 Å². The van der Waals surface area contributed by atoms with Crippen molar-refractivity contribution in [2.75, 3.05) is 0 Å². The van der Waals surface area contributed by atoms with Crippen molar-refractivity contribution in [2.24, 2.45) is 0 Å². The number of nitrogens with one attached hydrogen (secondary N) is 1. The Balaban J connectivity index is 2.00. The third-order valence-corrected chi connectivity index (χ3v) is 2.20. The molecule has 1 N–H and O–H groups in total. The summed E-state index contributed by atoms with van der Waals surface area (Å²) < 4.78 is 47.0. The molecule has 1 aromatic heterocycles. The van der Waals surface area contributed by atoms with E-state index in [1.165, 1.54) is 12.1 Å². The lowest BCUT2D eigenvalue weighted by Gasteiger charge is -2.07. The first kappa shape index (κ1) is 12.6. The Morgan fingerprint density at radius 2 is 1.94 bits per heavy atom. The molecule has 18 heavy (non-hydrogen) atoms. The van der Waals surface area contributed by atoms with Gasteiger partial charge in [0.25, 0.3) is 10.7 Å². The van der Waals surface area contributed by atoms with Crippen molar-refractivity contribution < 1.29 is 22.3 Å². The fraction of sp³-hybridized carbons (Fsp3) is 0.200. The van der Waals surface area contributed by atoms with Crippen LogP contribution in [-0.2, 0) is 12.8 Å². The van der Waals surface area contributed by atoms with Gasteiger partial charge >= 0.3 is 6.18 Å². The normalized spacial score (nSPS) is 11.5. The molecular weight excluding hydrogens is 269 g/mol. The average molecular weight is 276 g/mol. The maximum Gasteiger partial charge on any atom is 0.416 e. The Morgan fingerprint density at radius 1 is 1.28 bits per heavy atom. The first-order valence-corrected chi connectivity index (χ1v) is 5.20. The number of hydrogen-bond acceptors (Lipinski definition) is 4. The van der Waals surface area contributed by atoms with Crippen LogP contribution in [-0.4, -0.2) is 10.2 Å². The first-order valence-electron chi connectivity index (χ1n) is 4.79. The van der Waals surface area contributed by atoms with Crippen LogP contribution in [0.2, 0.25) is 0 Å². The largest absolute Gasteiger partial charge is 0.484 e. The fourth-order valence-corrected chi connectivity index (χ4v) is 1.35. The van der Waals surface area contributed by atoms with Crippen LogP contribution in [0.3, 0.4) is 0 Å². The topological polar surface area (TPSA) is 51.0 Å². The summed E-state index contributed by atoms with van der Waals surface area (Å²) in [5.74, 6) is 0.506. The number of hydrogen-bond donors (Lipinski definition) is 1. The van der Waals surface area contributed by atoms with E-state index in [0.29, 0.717) is 0 Å². The molecule has 0 saturated carbocycles. The van der Waals surface area contributed by atoms with Crippen molar-refractivity contribution in [1.82, 2.24) is 10.2 Å². The highest BCUT2D eigenvalue weighted by molar-refractivity contribution is 7.71. The molecule has 0 radical (unpaired) electrons. The molecule has 0 aliphatic carbocycles. The minimum Gasteiger partial charge on any atom is -0.484 e. The van der Waals surface area contributed by atoms with Crippen molar-refractivity contribution in [2.45, 2.75) is 12.8 Å². The zero-order chi connectivity index (χ0) is 13.2. The summed E-state index contributed by atoms with van der Waals surface area (Å²) in [6, 6.07) is 4.33. The van der Waals surface area contributed by atoms with Gasteiger partial charge in [-0.15, -0.1) is 5.10 Å². The molecule has 1 aromatic carbocycles. The SMILES string of the molecule is FC(F)(F)c1ccc(OCc2n[nH]c(=S)o2)cc1. The number of H-pyrrole nitrogens is 1. The highest BCUT2D eigenvalue weighted by Gasteiger charge is 2.29. The van der Waals surface area contributed by atoms with E-state index >= 15 is 0 Å². The van der Waals surface area contributed by atoms with Gasteiger partial charge in [0.2, 0.25) is 0 Å². The smallest absolute Gasteiger partial charge is 0.416 e. The van der Waals surface area contributed by atoms with Crippen LogP contribution in [0.1, 0.15) is 11.5 Å². The molecule has 0 bridgehead atoms. The molecule has 0 amide bonds. The van der Waals surface area contributed by atoms with Gasteiger partial charge < -0.3 is 9.15 Å². The maximum atomic E-state index is 12.3. The van der Waals surface area contributed by atoms with Crippen molar-refractivity contribution in [3.63, 3.8) is 0 Å². The maximum absolute atomic E-state index is 12.3. The molecule has 96 valence electrons. The zero-order valence-corrected chi connectivity index (χ0v) is 9.64. The van der Waals surface area contributed by atoms with Crippen LogP contribution in [0, 0.1) is 4.84 Å². The standard InChI is InChI=1S/C10H7F3N2O2S/c11-10(12,13)6-1-3-7(4-2-6)16-5-8-14-15-9(18)17-8/h1-4H,5H2,(H,15,18). The van der Waals surface area contributed by atoms with Gasteiger partial charge in [-0.3, -0.25) is 0 Å². The lowest BCUT2D eigenvalue weighted by atomic mass is 10.2. The number of aromatic nitrogens is 2. The summed E-state index contributed by atoms with van der Waals surface area (Å²) in [5.41, 5.74) is -0.729. The molecule has 0 spiro atoms. The number of halogens is 3. The highest BCUT2D eigenvalue weighted by atomic mass is 32.1. The molecule has 0 aliphatic rings. The number of alkyl halides is 3. The Bertz CT molecular complexity index is 574. The van der Waals surface area contributed by atoms with E-state index in [0.717, 1.165) is 12.1 Å². The predicted molar refractivity (Wildman–Crippen MR) is 57.5 cm³/mol. The molecule has 1 heterocycles. The van der Waals surface area contributed by atoms with Crippen LogP contribution >= 0.6 is 12.2 Å². The molecule has 0 atom stereocenters. The van der Waals surface area contributed by atoms with Crippen LogP contribution < -0.4 is 4.74 Å². The summed E-state index contributed by atoms with van der Waals surface area (Å²) in [4.78, 5) is 0.112. The first-order chi connectivity index (χ1) is 8.45. The molecule has 4 nitrogen and oxygen atoms in total. The van der Waals surface area contributed by atoms with E-state index in [1.807, 2.05) is 0 Å². The molecule has 0 fully saturated rings. The van der Waals surface area contributed by atoms with Crippen LogP contribution in [0.5, 0.6) is 5.75 Å². The second-order valence-corrected chi connectivity index (χ2v) is 3.69. The van der Waals surface area contributed by atoms with Gasteiger partial charge in [0.1, 0.15) is 5.75 Å². The zero-order valence-electron chi connectivity index (χ0n) is 8.82. The molecular formula is C10H7F3N2O2S. The van der Waals surface area contributed by atoms with E-state index in [1.54, 1.807) is 0 Å². The second-order valence-electron chi connectivity index (χ2n) is 3.32. The third kappa shape index (κ3) is 3.10. The Morgan fingerprint density at radius 3 is 2.44 bits per heavy atom. The van der Waals surface area contributed by atoms with E-state index in [4.69, 9.17) is 9.15 Å². The van der Waals surface area contributed by atoms with Gasteiger partial charge in [-0.2, -0.15) is 13.2 Å². The Kier molecular flexibility index (Phi) is 3.37. The molecule has 0 saturated heterocycles. The summed E-state index contributed by atoms with van der Waals surface area (Å²) >= 11 is 4.66. The molecule has 2 rings (SSSR count). The fourth-order valence-electron chi connectivity index (χ4n) is 1.21. The second kappa shape index (κ2) is 4.81.